The molecule has 0 spiro atoms. The molecule has 2 nitrogen and oxygen atoms in total. The van der Waals surface area contributed by atoms with Crippen molar-refractivity contribution in [3.05, 3.63) is 69.2 Å². The SMILES string of the molecule is OC(Cc1cc(Cl)ccc1Cl)C1OCCc2ccccc21. The number of aliphatic hydroxyl groups is 1. The van der Waals surface area contributed by atoms with E-state index < -0.39 is 6.10 Å². The number of hydrogen-bond donors (Lipinski definition) is 1. The van der Waals surface area contributed by atoms with Crippen LogP contribution in [0.25, 0.3) is 0 Å². The molecular formula is C17H16Cl2O2. The zero-order valence-electron chi connectivity index (χ0n) is 11.4. The molecule has 0 radical (unpaired) electrons. The molecule has 110 valence electrons. The molecule has 2 aromatic carbocycles. The van der Waals surface area contributed by atoms with Crippen molar-refractivity contribution in [2.75, 3.05) is 6.61 Å². The third-order valence-corrected chi connectivity index (χ3v) is 4.42. The fourth-order valence-corrected chi connectivity index (χ4v) is 3.16. The molecule has 0 bridgehead atoms. The fourth-order valence-electron chi connectivity index (χ4n) is 2.78. The zero-order chi connectivity index (χ0) is 14.8. The Balaban J connectivity index is 1.83. The van der Waals surface area contributed by atoms with Gasteiger partial charge in [0, 0.05) is 16.5 Å². The van der Waals surface area contributed by atoms with Crippen molar-refractivity contribution in [2.24, 2.45) is 0 Å². The molecule has 0 aromatic heterocycles. The van der Waals surface area contributed by atoms with Gasteiger partial charge in [-0.15, -0.1) is 0 Å². The molecule has 1 N–H and O–H groups in total. The standard InChI is InChI=1S/C17H16Cl2O2/c18-13-5-6-15(19)12(9-13)10-16(20)17-14-4-2-1-3-11(14)7-8-21-17/h1-6,9,16-17,20H,7-8,10H2. The Bertz CT molecular complexity index is 642. The molecule has 2 aromatic rings. The minimum Gasteiger partial charge on any atom is -0.390 e. The first-order chi connectivity index (χ1) is 10.1. The molecule has 0 saturated heterocycles. The molecule has 1 heterocycles. The summed E-state index contributed by atoms with van der Waals surface area (Å²) in [5, 5.41) is 11.8. The lowest BCUT2D eigenvalue weighted by molar-refractivity contribution is -0.0460. The Morgan fingerprint density at radius 1 is 1.19 bits per heavy atom. The molecule has 1 aliphatic heterocycles. The van der Waals surface area contributed by atoms with E-state index in [0.717, 1.165) is 17.5 Å². The smallest absolute Gasteiger partial charge is 0.109 e. The third kappa shape index (κ3) is 3.24. The van der Waals surface area contributed by atoms with Crippen molar-refractivity contribution in [3.63, 3.8) is 0 Å². The predicted molar refractivity (Wildman–Crippen MR) is 85.0 cm³/mol. The fraction of sp³-hybridized carbons (Fsp3) is 0.294. The van der Waals surface area contributed by atoms with Crippen molar-refractivity contribution in [1.29, 1.82) is 0 Å². The number of aliphatic hydroxyl groups excluding tert-OH is 1. The van der Waals surface area contributed by atoms with Crippen LogP contribution in [0, 0.1) is 0 Å². The second kappa shape index (κ2) is 6.37. The molecule has 3 rings (SSSR count). The van der Waals surface area contributed by atoms with Gasteiger partial charge in [-0.2, -0.15) is 0 Å². The summed E-state index contributed by atoms with van der Waals surface area (Å²) in [6.45, 7) is 0.627. The number of benzene rings is 2. The van der Waals surface area contributed by atoms with Crippen LogP contribution in [0.15, 0.2) is 42.5 Å². The van der Waals surface area contributed by atoms with Crippen LogP contribution < -0.4 is 0 Å². The molecular weight excluding hydrogens is 307 g/mol. The highest BCUT2D eigenvalue weighted by Crippen LogP contribution is 2.32. The van der Waals surface area contributed by atoms with Gasteiger partial charge in [0.05, 0.1) is 12.7 Å². The lowest BCUT2D eigenvalue weighted by Gasteiger charge is -2.30. The van der Waals surface area contributed by atoms with Gasteiger partial charge in [0.2, 0.25) is 0 Å². The van der Waals surface area contributed by atoms with Gasteiger partial charge in [-0.25, -0.2) is 0 Å². The highest BCUT2D eigenvalue weighted by Gasteiger charge is 2.27. The predicted octanol–water partition coefficient (Wildman–Crippen LogP) is 4.21. The van der Waals surface area contributed by atoms with Gasteiger partial charge in [0.15, 0.2) is 0 Å². The van der Waals surface area contributed by atoms with E-state index in [-0.39, 0.29) is 6.10 Å². The van der Waals surface area contributed by atoms with Gasteiger partial charge >= 0.3 is 0 Å². The summed E-state index contributed by atoms with van der Waals surface area (Å²) in [7, 11) is 0. The first-order valence-corrected chi connectivity index (χ1v) is 7.72. The number of rotatable bonds is 3. The van der Waals surface area contributed by atoms with Crippen molar-refractivity contribution in [3.8, 4) is 0 Å². The van der Waals surface area contributed by atoms with E-state index >= 15 is 0 Å². The highest BCUT2D eigenvalue weighted by atomic mass is 35.5. The molecule has 4 heteroatoms. The first kappa shape index (κ1) is 14.9. The monoisotopic (exact) mass is 322 g/mol. The molecule has 21 heavy (non-hydrogen) atoms. The number of fused-ring (bicyclic) bond motifs is 1. The van der Waals surface area contributed by atoms with E-state index in [2.05, 4.69) is 6.07 Å². The van der Waals surface area contributed by atoms with E-state index in [9.17, 15) is 5.11 Å². The summed E-state index contributed by atoms with van der Waals surface area (Å²) in [5.41, 5.74) is 3.14. The number of halogens is 2. The van der Waals surface area contributed by atoms with Gasteiger partial charge in [0.1, 0.15) is 6.10 Å². The summed E-state index contributed by atoms with van der Waals surface area (Å²) in [5.74, 6) is 0. The molecule has 0 aliphatic carbocycles. The third-order valence-electron chi connectivity index (χ3n) is 3.82. The van der Waals surface area contributed by atoms with E-state index in [0.29, 0.717) is 23.1 Å². The molecule has 0 fully saturated rings. The largest absolute Gasteiger partial charge is 0.390 e. The van der Waals surface area contributed by atoms with Gasteiger partial charge in [-0.1, -0.05) is 47.5 Å². The lowest BCUT2D eigenvalue weighted by atomic mass is 9.92. The Kier molecular flexibility index (Phi) is 4.51. The Morgan fingerprint density at radius 2 is 2.00 bits per heavy atom. The summed E-state index contributed by atoms with van der Waals surface area (Å²) in [6, 6.07) is 13.4. The topological polar surface area (TPSA) is 29.5 Å². The maximum atomic E-state index is 10.6. The summed E-state index contributed by atoms with van der Waals surface area (Å²) in [4.78, 5) is 0. The van der Waals surface area contributed by atoms with Crippen LogP contribution in [0.1, 0.15) is 22.8 Å². The van der Waals surface area contributed by atoms with Crippen molar-refractivity contribution < 1.29 is 9.84 Å². The van der Waals surface area contributed by atoms with Crippen LogP contribution in [0.3, 0.4) is 0 Å². The Hall–Kier alpha value is -1.06. The van der Waals surface area contributed by atoms with Crippen LogP contribution in [-0.4, -0.2) is 17.8 Å². The minimum atomic E-state index is -0.651. The Morgan fingerprint density at radius 3 is 2.86 bits per heavy atom. The normalized spacial score (nSPS) is 19.1. The molecule has 0 amide bonds. The van der Waals surface area contributed by atoms with Gasteiger partial charge in [-0.05, 0) is 41.3 Å². The maximum Gasteiger partial charge on any atom is 0.109 e. The van der Waals surface area contributed by atoms with E-state index in [4.69, 9.17) is 27.9 Å². The van der Waals surface area contributed by atoms with Crippen LogP contribution in [0.5, 0.6) is 0 Å². The summed E-state index contributed by atoms with van der Waals surface area (Å²) >= 11 is 12.2. The summed E-state index contributed by atoms with van der Waals surface area (Å²) < 4.78 is 5.78. The van der Waals surface area contributed by atoms with Crippen molar-refractivity contribution >= 4 is 23.2 Å². The second-order valence-corrected chi connectivity index (χ2v) is 6.09. The quantitative estimate of drug-likeness (QED) is 0.917. The minimum absolute atomic E-state index is 0.315. The molecule has 0 saturated carbocycles. The maximum absolute atomic E-state index is 10.6. The van der Waals surface area contributed by atoms with Crippen molar-refractivity contribution in [1.82, 2.24) is 0 Å². The van der Waals surface area contributed by atoms with Gasteiger partial charge in [-0.3, -0.25) is 0 Å². The zero-order valence-corrected chi connectivity index (χ0v) is 12.9. The van der Waals surface area contributed by atoms with Gasteiger partial charge < -0.3 is 9.84 Å². The molecule has 1 aliphatic rings. The van der Waals surface area contributed by atoms with Crippen LogP contribution >= 0.6 is 23.2 Å². The van der Waals surface area contributed by atoms with Crippen LogP contribution in [0.4, 0.5) is 0 Å². The van der Waals surface area contributed by atoms with Crippen molar-refractivity contribution in [2.45, 2.75) is 25.0 Å². The average Bonchev–Trinajstić information content (AvgIpc) is 2.50. The Labute approximate surface area is 134 Å². The van der Waals surface area contributed by atoms with Gasteiger partial charge in [0.25, 0.3) is 0 Å². The summed E-state index contributed by atoms with van der Waals surface area (Å²) in [6.07, 6.45) is 0.336. The molecule has 2 atom stereocenters. The first-order valence-electron chi connectivity index (χ1n) is 6.96. The molecule has 2 unspecified atom stereocenters. The number of hydrogen-bond acceptors (Lipinski definition) is 2. The van der Waals surface area contributed by atoms with E-state index in [1.807, 2.05) is 18.2 Å². The average molecular weight is 323 g/mol. The van der Waals surface area contributed by atoms with E-state index in [1.54, 1.807) is 18.2 Å². The van der Waals surface area contributed by atoms with Crippen LogP contribution in [-0.2, 0) is 17.6 Å². The number of ether oxygens (including phenoxy) is 1. The highest BCUT2D eigenvalue weighted by molar-refractivity contribution is 6.33. The van der Waals surface area contributed by atoms with E-state index in [1.165, 1.54) is 5.56 Å². The lowest BCUT2D eigenvalue weighted by Crippen LogP contribution is -2.28. The second-order valence-electron chi connectivity index (χ2n) is 5.25. The van der Waals surface area contributed by atoms with Crippen LogP contribution in [0.2, 0.25) is 10.0 Å².